The van der Waals surface area contributed by atoms with E-state index in [1.165, 1.54) is 24.0 Å². The Bertz CT molecular complexity index is 934. The van der Waals surface area contributed by atoms with Gasteiger partial charge >= 0.3 is 0 Å². The molecule has 1 N–H and O–H groups in total. The molecule has 0 unspecified atom stereocenters. The summed E-state index contributed by atoms with van der Waals surface area (Å²) in [6.07, 6.45) is 6.46. The summed E-state index contributed by atoms with van der Waals surface area (Å²) in [5.74, 6) is 0.360. The maximum Gasteiger partial charge on any atom is 0.223 e. The van der Waals surface area contributed by atoms with Crippen molar-refractivity contribution in [1.29, 1.82) is 0 Å². The Balaban J connectivity index is 1.70. The number of carbonyl (C=O) groups is 1. The molecule has 134 valence electrons. The second kappa shape index (κ2) is 6.94. The lowest BCUT2D eigenvalue weighted by Crippen LogP contribution is -2.29. The summed E-state index contributed by atoms with van der Waals surface area (Å²) in [6, 6.07) is 12.5. The number of fused-ring (bicyclic) bond motifs is 1. The fourth-order valence-corrected chi connectivity index (χ4v) is 3.81. The first-order chi connectivity index (χ1) is 12.6. The molecule has 1 saturated carbocycles. The predicted molar refractivity (Wildman–Crippen MR) is 104 cm³/mol. The van der Waals surface area contributed by atoms with E-state index < -0.39 is 0 Å². The minimum atomic E-state index is 0.179. The van der Waals surface area contributed by atoms with Crippen molar-refractivity contribution in [2.24, 2.45) is 5.92 Å². The third-order valence-electron chi connectivity index (χ3n) is 5.35. The van der Waals surface area contributed by atoms with E-state index >= 15 is 0 Å². The molecule has 0 radical (unpaired) electrons. The van der Waals surface area contributed by atoms with Crippen LogP contribution in [0.25, 0.3) is 16.9 Å². The van der Waals surface area contributed by atoms with Crippen LogP contribution in [-0.2, 0) is 11.3 Å². The van der Waals surface area contributed by atoms with Gasteiger partial charge < -0.3 is 9.72 Å². The van der Waals surface area contributed by atoms with Gasteiger partial charge in [0.1, 0.15) is 5.65 Å². The third-order valence-corrected chi connectivity index (χ3v) is 5.35. The van der Waals surface area contributed by atoms with Gasteiger partial charge in [0, 0.05) is 17.7 Å². The summed E-state index contributed by atoms with van der Waals surface area (Å²) in [6.45, 7) is 4.66. The monoisotopic (exact) mass is 347 g/mol. The van der Waals surface area contributed by atoms with Crippen molar-refractivity contribution in [2.45, 2.75) is 46.1 Å². The van der Waals surface area contributed by atoms with Crippen molar-refractivity contribution in [1.82, 2.24) is 14.7 Å². The maximum absolute atomic E-state index is 12.5. The summed E-state index contributed by atoms with van der Waals surface area (Å²) in [4.78, 5) is 17.3. The summed E-state index contributed by atoms with van der Waals surface area (Å²) in [7, 11) is 0. The number of amides is 1. The lowest BCUT2D eigenvalue weighted by atomic mass is 10.1. The molecule has 0 aliphatic heterocycles. The molecule has 0 atom stereocenters. The number of rotatable bonds is 4. The average molecular weight is 347 g/mol. The van der Waals surface area contributed by atoms with Crippen LogP contribution in [0.5, 0.6) is 0 Å². The lowest BCUT2D eigenvalue weighted by Gasteiger charge is -2.12. The number of aromatic nitrogens is 2. The molecule has 4 rings (SSSR count). The van der Waals surface area contributed by atoms with Crippen molar-refractivity contribution in [3.05, 3.63) is 59.4 Å². The first kappa shape index (κ1) is 16.8. The van der Waals surface area contributed by atoms with Crippen molar-refractivity contribution in [3.63, 3.8) is 0 Å². The largest absolute Gasteiger partial charge is 0.350 e. The van der Waals surface area contributed by atoms with Gasteiger partial charge in [-0.3, -0.25) is 4.79 Å². The molecule has 4 heteroatoms. The molecular formula is C22H25N3O. The van der Waals surface area contributed by atoms with Gasteiger partial charge in [-0.2, -0.15) is 0 Å². The Morgan fingerprint density at radius 2 is 1.77 bits per heavy atom. The highest BCUT2D eigenvalue weighted by Gasteiger charge is 2.23. The van der Waals surface area contributed by atoms with Crippen LogP contribution in [-0.4, -0.2) is 15.3 Å². The normalized spacial score (nSPS) is 14.8. The standard InChI is InChI=1S/C22H25N3O/c1-15-7-10-17(11-8-15)21-19(13-23-22(26)18-5-3-4-6-18)25-14-16(2)9-12-20(25)24-21/h7-12,14,18H,3-6,13H2,1-2H3,(H,23,26). The molecule has 1 aliphatic carbocycles. The quantitative estimate of drug-likeness (QED) is 0.759. The zero-order chi connectivity index (χ0) is 18.1. The van der Waals surface area contributed by atoms with E-state index in [0.29, 0.717) is 6.54 Å². The van der Waals surface area contributed by atoms with E-state index in [9.17, 15) is 4.79 Å². The second-order valence-corrected chi connectivity index (χ2v) is 7.41. The molecule has 1 aromatic carbocycles. The zero-order valence-electron chi connectivity index (χ0n) is 15.5. The first-order valence-corrected chi connectivity index (χ1v) is 9.44. The van der Waals surface area contributed by atoms with Gasteiger partial charge in [-0.25, -0.2) is 4.98 Å². The van der Waals surface area contributed by atoms with Crippen LogP contribution in [0, 0.1) is 19.8 Å². The highest BCUT2D eigenvalue weighted by molar-refractivity contribution is 5.79. The third kappa shape index (κ3) is 3.24. The number of nitrogens with one attached hydrogen (secondary N) is 1. The number of aryl methyl sites for hydroxylation is 2. The van der Waals surface area contributed by atoms with Gasteiger partial charge in [0.15, 0.2) is 0 Å². The van der Waals surface area contributed by atoms with Crippen molar-refractivity contribution in [2.75, 3.05) is 0 Å². The SMILES string of the molecule is Cc1ccc(-c2nc3ccc(C)cn3c2CNC(=O)C2CCCC2)cc1. The molecule has 2 heterocycles. The summed E-state index contributed by atoms with van der Waals surface area (Å²) in [5.41, 5.74) is 6.39. The Morgan fingerprint density at radius 3 is 2.50 bits per heavy atom. The molecule has 0 saturated heterocycles. The zero-order valence-corrected chi connectivity index (χ0v) is 15.5. The van der Waals surface area contributed by atoms with E-state index in [-0.39, 0.29) is 11.8 Å². The minimum absolute atomic E-state index is 0.179. The number of imidazole rings is 1. The van der Waals surface area contributed by atoms with Gasteiger partial charge in [0.25, 0.3) is 0 Å². The maximum atomic E-state index is 12.5. The summed E-state index contributed by atoms with van der Waals surface area (Å²) < 4.78 is 2.11. The van der Waals surface area contributed by atoms with Crippen molar-refractivity contribution in [3.8, 4) is 11.3 Å². The highest BCUT2D eigenvalue weighted by Crippen LogP contribution is 2.27. The summed E-state index contributed by atoms with van der Waals surface area (Å²) in [5, 5.41) is 3.16. The fourth-order valence-electron chi connectivity index (χ4n) is 3.81. The van der Waals surface area contributed by atoms with E-state index in [4.69, 9.17) is 4.98 Å². The molecule has 4 nitrogen and oxygen atoms in total. The smallest absolute Gasteiger partial charge is 0.223 e. The van der Waals surface area contributed by atoms with Crippen LogP contribution in [0.2, 0.25) is 0 Å². The molecule has 1 aliphatic rings. The Hall–Kier alpha value is -2.62. The average Bonchev–Trinajstić information content (AvgIpc) is 3.28. The van der Waals surface area contributed by atoms with Gasteiger partial charge in [0.2, 0.25) is 5.91 Å². The van der Waals surface area contributed by atoms with Gasteiger partial charge in [-0.15, -0.1) is 0 Å². The number of pyridine rings is 1. The van der Waals surface area contributed by atoms with E-state index in [1.54, 1.807) is 0 Å². The van der Waals surface area contributed by atoms with Crippen LogP contribution in [0.3, 0.4) is 0 Å². The van der Waals surface area contributed by atoms with Crippen LogP contribution < -0.4 is 5.32 Å². The molecule has 1 amide bonds. The van der Waals surface area contributed by atoms with Crippen LogP contribution in [0.4, 0.5) is 0 Å². The van der Waals surface area contributed by atoms with Crippen LogP contribution >= 0.6 is 0 Å². The number of benzene rings is 1. The van der Waals surface area contributed by atoms with E-state index in [1.807, 2.05) is 6.07 Å². The van der Waals surface area contributed by atoms with Gasteiger partial charge in [-0.05, 0) is 38.3 Å². The second-order valence-electron chi connectivity index (χ2n) is 7.41. The lowest BCUT2D eigenvalue weighted by molar-refractivity contribution is -0.124. The number of hydrogen-bond acceptors (Lipinski definition) is 2. The Morgan fingerprint density at radius 1 is 1.08 bits per heavy atom. The summed E-state index contributed by atoms with van der Waals surface area (Å²) >= 11 is 0. The molecule has 0 bridgehead atoms. The molecule has 26 heavy (non-hydrogen) atoms. The number of nitrogens with zero attached hydrogens (tertiary/aromatic N) is 2. The number of carbonyl (C=O) groups excluding carboxylic acids is 1. The van der Waals surface area contributed by atoms with Crippen molar-refractivity contribution >= 4 is 11.6 Å². The first-order valence-electron chi connectivity index (χ1n) is 9.44. The topological polar surface area (TPSA) is 46.4 Å². The Kier molecular flexibility index (Phi) is 4.49. The predicted octanol–water partition coefficient (Wildman–Crippen LogP) is 4.42. The van der Waals surface area contributed by atoms with Gasteiger partial charge in [-0.1, -0.05) is 48.7 Å². The van der Waals surface area contributed by atoms with Crippen LogP contribution in [0.1, 0.15) is 42.5 Å². The molecule has 0 spiro atoms. The van der Waals surface area contributed by atoms with Gasteiger partial charge in [0.05, 0.1) is 17.9 Å². The molecule has 3 aromatic rings. The molecule has 2 aromatic heterocycles. The van der Waals surface area contributed by atoms with Crippen LogP contribution in [0.15, 0.2) is 42.6 Å². The minimum Gasteiger partial charge on any atom is -0.350 e. The molecular weight excluding hydrogens is 322 g/mol. The Labute approximate surface area is 154 Å². The number of hydrogen-bond donors (Lipinski definition) is 1. The molecule has 1 fully saturated rings. The van der Waals surface area contributed by atoms with Crippen molar-refractivity contribution < 1.29 is 4.79 Å². The highest BCUT2D eigenvalue weighted by atomic mass is 16.1. The van der Waals surface area contributed by atoms with E-state index in [2.05, 4.69) is 60.1 Å². The van der Waals surface area contributed by atoms with E-state index in [0.717, 1.165) is 35.4 Å². The fraction of sp³-hybridized carbons (Fsp3) is 0.364.